The van der Waals surface area contributed by atoms with E-state index in [9.17, 15) is 0 Å². The van der Waals surface area contributed by atoms with Gasteiger partial charge in [-0.15, -0.1) is 0 Å². The van der Waals surface area contributed by atoms with Crippen molar-refractivity contribution in [2.24, 2.45) is 5.73 Å². The van der Waals surface area contributed by atoms with E-state index in [0.29, 0.717) is 25.0 Å². The Kier molecular flexibility index (Phi) is 3.79. The molecule has 0 radical (unpaired) electrons. The minimum atomic E-state index is -0.237. The molecular weight excluding hydrogens is 218 g/mol. The van der Waals surface area contributed by atoms with E-state index in [-0.39, 0.29) is 5.54 Å². The summed E-state index contributed by atoms with van der Waals surface area (Å²) in [5, 5.41) is 3.94. The van der Waals surface area contributed by atoms with Crippen molar-refractivity contribution in [3.05, 3.63) is 11.7 Å². The summed E-state index contributed by atoms with van der Waals surface area (Å²) in [5.74, 6) is 1.91. The van der Waals surface area contributed by atoms with E-state index < -0.39 is 0 Å². The lowest BCUT2D eigenvalue weighted by molar-refractivity contribution is 0.0542. The van der Waals surface area contributed by atoms with Gasteiger partial charge in [-0.1, -0.05) is 19.0 Å². The predicted octanol–water partition coefficient (Wildman–Crippen LogP) is 1.98. The molecule has 0 saturated heterocycles. The first-order chi connectivity index (χ1) is 8.17. The fraction of sp³-hybridized carbons (Fsp3) is 0.833. The van der Waals surface area contributed by atoms with E-state index in [2.05, 4.69) is 24.0 Å². The first-order valence-corrected chi connectivity index (χ1v) is 6.36. The number of nitrogens with zero attached hydrogens (tertiary/aromatic N) is 2. The number of rotatable bonds is 7. The van der Waals surface area contributed by atoms with Gasteiger partial charge in [-0.05, 0) is 25.7 Å². The van der Waals surface area contributed by atoms with Crippen LogP contribution in [-0.4, -0.2) is 22.3 Å². The van der Waals surface area contributed by atoms with Crippen molar-refractivity contribution in [2.75, 3.05) is 6.61 Å². The number of aromatic nitrogens is 2. The Balaban J connectivity index is 1.77. The summed E-state index contributed by atoms with van der Waals surface area (Å²) in [4.78, 5) is 4.30. The monoisotopic (exact) mass is 239 g/mol. The Morgan fingerprint density at radius 3 is 2.71 bits per heavy atom. The fourth-order valence-electron chi connectivity index (χ4n) is 1.63. The van der Waals surface area contributed by atoms with Crippen molar-refractivity contribution in [2.45, 2.75) is 57.6 Å². The highest BCUT2D eigenvalue weighted by molar-refractivity contribution is 5.02. The Morgan fingerprint density at radius 1 is 1.41 bits per heavy atom. The van der Waals surface area contributed by atoms with Gasteiger partial charge in [0.1, 0.15) is 6.61 Å². The molecule has 96 valence electrons. The van der Waals surface area contributed by atoms with E-state index in [1.165, 1.54) is 12.8 Å². The lowest BCUT2D eigenvalue weighted by Gasteiger charge is -2.25. The molecule has 0 amide bonds. The molecule has 0 aliphatic heterocycles. The van der Waals surface area contributed by atoms with Crippen molar-refractivity contribution in [3.8, 4) is 0 Å². The molecule has 17 heavy (non-hydrogen) atoms. The molecule has 0 aromatic carbocycles. The first kappa shape index (κ1) is 12.5. The van der Waals surface area contributed by atoms with Gasteiger partial charge >= 0.3 is 0 Å². The van der Waals surface area contributed by atoms with Crippen molar-refractivity contribution in [1.82, 2.24) is 10.1 Å². The molecule has 1 fully saturated rings. The molecule has 0 spiro atoms. The van der Waals surface area contributed by atoms with Gasteiger partial charge in [0.25, 0.3) is 5.89 Å². The van der Waals surface area contributed by atoms with Crippen LogP contribution in [-0.2, 0) is 11.3 Å². The molecule has 1 heterocycles. The highest BCUT2D eigenvalue weighted by Gasteiger charge is 2.29. The minimum Gasteiger partial charge on any atom is -0.370 e. The largest absolute Gasteiger partial charge is 0.370 e. The summed E-state index contributed by atoms with van der Waals surface area (Å²) in [6.45, 7) is 5.04. The topological polar surface area (TPSA) is 74.2 Å². The van der Waals surface area contributed by atoms with Gasteiger partial charge in [0.05, 0.1) is 6.61 Å². The van der Waals surface area contributed by atoms with Gasteiger partial charge in [0.2, 0.25) is 0 Å². The molecule has 0 atom stereocenters. The molecule has 5 heteroatoms. The molecule has 1 aliphatic carbocycles. The average Bonchev–Trinajstić information content (AvgIpc) is 3.10. The second-order valence-corrected chi connectivity index (χ2v) is 4.88. The smallest absolute Gasteiger partial charge is 0.252 e. The van der Waals surface area contributed by atoms with E-state index in [4.69, 9.17) is 15.0 Å². The maximum absolute atomic E-state index is 6.13. The van der Waals surface area contributed by atoms with Gasteiger partial charge in [0, 0.05) is 11.5 Å². The third-order valence-electron chi connectivity index (χ3n) is 3.45. The van der Waals surface area contributed by atoms with Crippen LogP contribution in [0.25, 0.3) is 0 Å². The molecule has 0 bridgehead atoms. The van der Waals surface area contributed by atoms with E-state index in [1.54, 1.807) is 0 Å². The SMILES string of the molecule is CCC(N)(CC)COCc1nc(C2CC2)no1. The number of hydrogen-bond acceptors (Lipinski definition) is 5. The Hall–Kier alpha value is -0.940. The van der Waals surface area contributed by atoms with Gasteiger partial charge in [-0.3, -0.25) is 0 Å². The molecule has 1 aliphatic rings. The van der Waals surface area contributed by atoms with Crippen LogP contribution >= 0.6 is 0 Å². The zero-order chi connectivity index (χ0) is 12.3. The fourth-order valence-corrected chi connectivity index (χ4v) is 1.63. The standard InChI is InChI=1S/C12H21N3O2/c1-3-12(13,4-2)8-16-7-10-14-11(15-17-10)9-5-6-9/h9H,3-8,13H2,1-2H3. The maximum atomic E-state index is 6.13. The van der Waals surface area contributed by atoms with Crippen LogP contribution in [0.5, 0.6) is 0 Å². The quantitative estimate of drug-likeness (QED) is 0.787. The van der Waals surface area contributed by atoms with Crippen molar-refractivity contribution < 1.29 is 9.26 Å². The molecule has 2 rings (SSSR count). The van der Waals surface area contributed by atoms with Crippen molar-refractivity contribution in [3.63, 3.8) is 0 Å². The van der Waals surface area contributed by atoms with Gasteiger partial charge in [-0.2, -0.15) is 4.98 Å². The first-order valence-electron chi connectivity index (χ1n) is 6.36. The van der Waals surface area contributed by atoms with Crippen molar-refractivity contribution >= 4 is 0 Å². The third-order valence-corrected chi connectivity index (χ3v) is 3.45. The summed E-state index contributed by atoms with van der Waals surface area (Å²) in [6, 6.07) is 0. The van der Waals surface area contributed by atoms with Crippen LogP contribution in [0.1, 0.15) is 57.2 Å². The highest BCUT2D eigenvalue weighted by atomic mass is 16.5. The van der Waals surface area contributed by atoms with Gasteiger partial charge < -0.3 is 15.0 Å². The average molecular weight is 239 g/mol. The molecule has 1 saturated carbocycles. The second-order valence-electron chi connectivity index (χ2n) is 4.88. The maximum Gasteiger partial charge on any atom is 0.252 e. The Labute approximate surface area is 102 Å². The van der Waals surface area contributed by atoms with Gasteiger partial charge in [-0.25, -0.2) is 0 Å². The van der Waals surface area contributed by atoms with Crippen LogP contribution in [0.3, 0.4) is 0 Å². The predicted molar refractivity (Wildman–Crippen MR) is 63.4 cm³/mol. The number of nitrogens with two attached hydrogens (primary N) is 1. The zero-order valence-electron chi connectivity index (χ0n) is 10.6. The number of ether oxygens (including phenoxy) is 1. The van der Waals surface area contributed by atoms with Gasteiger partial charge in [0.15, 0.2) is 5.82 Å². The summed E-state index contributed by atoms with van der Waals surface area (Å²) < 4.78 is 10.7. The lowest BCUT2D eigenvalue weighted by Crippen LogP contribution is -2.43. The Bertz CT molecular complexity index is 356. The lowest BCUT2D eigenvalue weighted by atomic mass is 9.96. The van der Waals surface area contributed by atoms with E-state index >= 15 is 0 Å². The van der Waals surface area contributed by atoms with Crippen molar-refractivity contribution in [1.29, 1.82) is 0 Å². The van der Waals surface area contributed by atoms with E-state index in [0.717, 1.165) is 18.7 Å². The Morgan fingerprint density at radius 2 is 2.12 bits per heavy atom. The molecule has 5 nitrogen and oxygen atoms in total. The zero-order valence-corrected chi connectivity index (χ0v) is 10.6. The highest BCUT2D eigenvalue weighted by Crippen LogP contribution is 2.38. The van der Waals surface area contributed by atoms with Crippen LogP contribution in [0.15, 0.2) is 4.52 Å². The minimum absolute atomic E-state index is 0.237. The normalized spacial score (nSPS) is 16.4. The molecular formula is C12H21N3O2. The molecule has 2 N–H and O–H groups in total. The summed E-state index contributed by atoms with van der Waals surface area (Å²) in [7, 11) is 0. The second kappa shape index (κ2) is 5.14. The number of hydrogen-bond donors (Lipinski definition) is 1. The third kappa shape index (κ3) is 3.26. The molecule has 1 aromatic rings. The molecule has 0 unspecified atom stereocenters. The van der Waals surface area contributed by atoms with Crippen LogP contribution in [0.4, 0.5) is 0 Å². The van der Waals surface area contributed by atoms with Crippen LogP contribution < -0.4 is 5.73 Å². The molecule has 1 aromatic heterocycles. The summed E-state index contributed by atoms with van der Waals surface area (Å²) >= 11 is 0. The van der Waals surface area contributed by atoms with Crippen LogP contribution in [0, 0.1) is 0 Å². The van der Waals surface area contributed by atoms with Crippen LogP contribution in [0.2, 0.25) is 0 Å². The summed E-state index contributed by atoms with van der Waals surface area (Å²) in [6.07, 6.45) is 4.16. The van der Waals surface area contributed by atoms with E-state index in [1.807, 2.05) is 0 Å². The summed E-state index contributed by atoms with van der Waals surface area (Å²) in [5.41, 5.74) is 5.90.